The molecule has 0 radical (unpaired) electrons. The highest BCUT2D eigenvalue weighted by atomic mass is 19.1. The summed E-state index contributed by atoms with van der Waals surface area (Å²) in [5.74, 6) is 0.0250. The Bertz CT molecular complexity index is 620. The molecule has 0 unspecified atom stereocenters. The van der Waals surface area contributed by atoms with E-state index in [4.69, 9.17) is 0 Å². The van der Waals surface area contributed by atoms with Gasteiger partial charge in [-0.25, -0.2) is 9.18 Å². The van der Waals surface area contributed by atoms with Gasteiger partial charge in [0.25, 0.3) is 0 Å². The second kappa shape index (κ2) is 6.56. The lowest BCUT2D eigenvalue weighted by atomic mass is 9.80. The van der Waals surface area contributed by atoms with Crippen LogP contribution < -0.4 is 10.6 Å². The Hall–Kier alpha value is -2.11. The summed E-state index contributed by atoms with van der Waals surface area (Å²) in [7, 11) is 0. The van der Waals surface area contributed by atoms with E-state index < -0.39 is 0 Å². The molecule has 3 rings (SSSR count). The molecule has 1 aliphatic carbocycles. The molecule has 6 heteroatoms. The molecule has 1 aromatic rings. The van der Waals surface area contributed by atoms with Crippen molar-refractivity contribution < 1.29 is 14.0 Å². The smallest absolute Gasteiger partial charge is 0.317 e. The van der Waals surface area contributed by atoms with E-state index in [1.807, 2.05) is 6.07 Å². The number of amides is 3. The third kappa shape index (κ3) is 3.30. The van der Waals surface area contributed by atoms with E-state index in [2.05, 4.69) is 17.6 Å². The van der Waals surface area contributed by atoms with E-state index in [-0.39, 0.29) is 29.7 Å². The molecule has 1 saturated heterocycles. The average molecular weight is 319 g/mol. The Kier molecular flexibility index (Phi) is 4.50. The number of nitrogens with one attached hydrogen (secondary N) is 2. The second-order valence-electron chi connectivity index (χ2n) is 6.34. The van der Waals surface area contributed by atoms with Crippen molar-refractivity contribution in [2.45, 2.75) is 32.2 Å². The number of benzene rings is 1. The number of rotatable bonds is 1. The topological polar surface area (TPSA) is 61.4 Å². The summed E-state index contributed by atoms with van der Waals surface area (Å²) in [6.45, 7) is 3.45. The van der Waals surface area contributed by atoms with Crippen LogP contribution in [0.4, 0.5) is 9.18 Å². The van der Waals surface area contributed by atoms with Crippen LogP contribution in [0, 0.1) is 11.7 Å². The number of nitrogens with zero attached hydrogens (tertiary/aromatic N) is 1. The number of fused-ring (bicyclic) bond motifs is 1. The molecule has 1 heterocycles. The number of hydrogen-bond donors (Lipinski definition) is 2. The Balaban J connectivity index is 1.75. The summed E-state index contributed by atoms with van der Waals surface area (Å²) < 4.78 is 14.0. The normalized spacial score (nSPS) is 24.4. The van der Waals surface area contributed by atoms with Gasteiger partial charge in [-0.05, 0) is 36.0 Å². The fourth-order valence-corrected chi connectivity index (χ4v) is 3.39. The lowest BCUT2D eigenvalue weighted by Gasteiger charge is -2.34. The summed E-state index contributed by atoms with van der Waals surface area (Å²) >= 11 is 0. The number of urea groups is 1. The molecule has 0 saturated carbocycles. The van der Waals surface area contributed by atoms with Crippen LogP contribution in [-0.2, 0) is 11.2 Å². The first-order chi connectivity index (χ1) is 11.1. The molecule has 0 spiro atoms. The average Bonchev–Trinajstić information content (AvgIpc) is 2.75. The fraction of sp³-hybridized carbons (Fsp3) is 0.529. The minimum atomic E-state index is -0.196. The first-order valence-electron chi connectivity index (χ1n) is 8.15. The maximum atomic E-state index is 14.0. The van der Waals surface area contributed by atoms with E-state index in [0.717, 1.165) is 12.0 Å². The SMILES string of the molecule is C[C@H]1CCc2c(F)cccc2[C@H]1NC(=O)N1CCNC(=O)CC1. The van der Waals surface area contributed by atoms with Gasteiger partial charge in [-0.1, -0.05) is 19.1 Å². The zero-order valence-electron chi connectivity index (χ0n) is 13.3. The van der Waals surface area contributed by atoms with Crippen molar-refractivity contribution in [1.82, 2.24) is 15.5 Å². The van der Waals surface area contributed by atoms with Crippen LogP contribution in [0.5, 0.6) is 0 Å². The van der Waals surface area contributed by atoms with Gasteiger partial charge in [0, 0.05) is 26.1 Å². The largest absolute Gasteiger partial charge is 0.354 e. The highest BCUT2D eigenvalue weighted by Crippen LogP contribution is 2.35. The maximum absolute atomic E-state index is 14.0. The van der Waals surface area contributed by atoms with Gasteiger partial charge in [0.2, 0.25) is 5.91 Å². The Morgan fingerprint density at radius 3 is 3.00 bits per heavy atom. The van der Waals surface area contributed by atoms with Crippen LogP contribution in [0.1, 0.15) is 36.9 Å². The van der Waals surface area contributed by atoms with E-state index >= 15 is 0 Å². The first kappa shape index (κ1) is 15.8. The maximum Gasteiger partial charge on any atom is 0.317 e. The fourth-order valence-electron chi connectivity index (χ4n) is 3.39. The highest BCUT2D eigenvalue weighted by Gasteiger charge is 2.31. The summed E-state index contributed by atoms with van der Waals surface area (Å²) in [6.07, 6.45) is 1.87. The van der Waals surface area contributed by atoms with E-state index in [9.17, 15) is 14.0 Å². The molecule has 1 aliphatic heterocycles. The Labute approximate surface area is 135 Å². The van der Waals surface area contributed by atoms with Crippen molar-refractivity contribution in [3.05, 3.63) is 35.1 Å². The van der Waals surface area contributed by atoms with E-state index in [0.29, 0.717) is 38.0 Å². The summed E-state index contributed by atoms with van der Waals surface area (Å²) in [4.78, 5) is 25.6. The molecule has 2 N–H and O–H groups in total. The van der Waals surface area contributed by atoms with Crippen molar-refractivity contribution in [3.63, 3.8) is 0 Å². The van der Waals surface area contributed by atoms with Gasteiger partial charge in [0.05, 0.1) is 6.04 Å². The quantitative estimate of drug-likeness (QED) is 0.831. The van der Waals surface area contributed by atoms with Crippen LogP contribution in [0.25, 0.3) is 0 Å². The predicted molar refractivity (Wildman–Crippen MR) is 84.4 cm³/mol. The molecule has 23 heavy (non-hydrogen) atoms. The number of carbonyl (C=O) groups excluding carboxylic acids is 2. The molecule has 1 fully saturated rings. The van der Waals surface area contributed by atoms with Crippen molar-refractivity contribution in [2.75, 3.05) is 19.6 Å². The minimum absolute atomic E-state index is 0.0289. The van der Waals surface area contributed by atoms with Gasteiger partial charge in [-0.3, -0.25) is 4.79 Å². The third-order valence-electron chi connectivity index (χ3n) is 4.79. The highest BCUT2D eigenvalue weighted by molar-refractivity contribution is 5.79. The van der Waals surface area contributed by atoms with Gasteiger partial charge in [-0.15, -0.1) is 0 Å². The summed E-state index contributed by atoms with van der Waals surface area (Å²) in [6, 6.07) is 4.69. The number of halogens is 1. The van der Waals surface area contributed by atoms with Gasteiger partial charge in [-0.2, -0.15) is 0 Å². The predicted octanol–water partition coefficient (Wildman–Crippen LogP) is 1.98. The summed E-state index contributed by atoms with van der Waals surface area (Å²) in [5, 5.41) is 5.80. The summed E-state index contributed by atoms with van der Waals surface area (Å²) in [5.41, 5.74) is 1.59. The first-order valence-corrected chi connectivity index (χ1v) is 8.15. The molecule has 2 aliphatic rings. The molecule has 5 nitrogen and oxygen atoms in total. The zero-order valence-corrected chi connectivity index (χ0v) is 13.3. The molecule has 0 bridgehead atoms. The number of hydrogen-bond acceptors (Lipinski definition) is 2. The molecule has 2 atom stereocenters. The Morgan fingerprint density at radius 1 is 1.35 bits per heavy atom. The van der Waals surface area contributed by atoms with Gasteiger partial charge >= 0.3 is 6.03 Å². The van der Waals surface area contributed by atoms with Crippen molar-refractivity contribution in [1.29, 1.82) is 0 Å². The number of carbonyl (C=O) groups is 2. The molecule has 0 aromatic heterocycles. The van der Waals surface area contributed by atoms with E-state index in [1.54, 1.807) is 11.0 Å². The van der Waals surface area contributed by atoms with Crippen molar-refractivity contribution >= 4 is 11.9 Å². The van der Waals surface area contributed by atoms with Crippen LogP contribution in [0.2, 0.25) is 0 Å². The Morgan fingerprint density at radius 2 is 2.17 bits per heavy atom. The van der Waals surface area contributed by atoms with Gasteiger partial charge in [0.1, 0.15) is 5.82 Å². The van der Waals surface area contributed by atoms with Crippen molar-refractivity contribution in [3.8, 4) is 0 Å². The van der Waals surface area contributed by atoms with Crippen LogP contribution in [0.15, 0.2) is 18.2 Å². The molecular weight excluding hydrogens is 297 g/mol. The monoisotopic (exact) mass is 319 g/mol. The van der Waals surface area contributed by atoms with Crippen LogP contribution >= 0.6 is 0 Å². The lowest BCUT2D eigenvalue weighted by molar-refractivity contribution is -0.120. The molecular formula is C17H22FN3O2. The lowest BCUT2D eigenvalue weighted by Crippen LogP contribution is -2.45. The van der Waals surface area contributed by atoms with Gasteiger partial charge in [0.15, 0.2) is 0 Å². The van der Waals surface area contributed by atoms with Gasteiger partial charge < -0.3 is 15.5 Å². The molecule has 3 amide bonds. The zero-order chi connectivity index (χ0) is 16.4. The van der Waals surface area contributed by atoms with E-state index in [1.165, 1.54) is 6.07 Å². The molecule has 1 aromatic carbocycles. The second-order valence-corrected chi connectivity index (χ2v) is 6.34. The third-order valence-corrected chi connectivity index (χ3v) is 4.79. The molecule has 124 valence electrons. The van der Waals surface area contributed by atoms with Crippen molar-refractivity contribution in [2.24, 2.45) is 5.92 Å². The standard InChI is InChI=1S/C17H22FN3O2/c1-11-5-6-12-13(3-2-4-14(12)18)16(11)20-17(23)21-9-7-15(22)19-8-10-21/h2-4,11,16H,5-10H2,1H3,(H,19,22)(H,20,23)/t11-,16-/m0/s1. The van der Waals surface area contributed by atoms with Crippen LogP contribution in [0.3, 0.4) is 0 Å². The minimum Gasteiger partial charge on any atom is -0.354 e. The van der Waals surface area contributed by atoms with Crippen LogP contribution in [-0.4, -0.2) is 36.5 Å².